The Bertz CT molecular complexity index is 348. The van der Waals surface area contributed by atoms with Crippen LogP contribution in [0, 0.1) is 5.92 Å². The first kappa shape index (κ1) is 12.5. The summed E-state index contributed by atoms with van der Waals surface area (Å²) in [6, 6.07) is 4.67. The van der Waals surface area contributed by atoms with Gasteiger partial charge in [0.15, 0.2) is 0 Å². The second kappa shape index (κ2) is 6.12. The van der Waals surface area contributed by atoms with Gasteiger partial charge in [0, 0.05) is 25.4 Å². The van der Waals surface area contributed by atoms with Gasteiger partial charge in [-0.2, -0.15) is 0 Å². The molecule has 0 aromatic carbocycles. The number of rotatable bonds is 5. The fraction of sp³-hybridized carbons (Fsp3) is 0.643. The van der Waals surface area contributed by atoms with Crippen molar-refractivity contribution < 1.29 is 4.74 Å². The van der Waals surface area contributed by atoms with Crippen LogP contribution in [0.2, 0.25) is 0 Å². The van der Waals surface area contributed by atoms with Crippen LogP contribution in [-0.2, 0) is 17.7 Å². The standard InChI is InChI=1S/C14H22N2O/c1-3-12-5-4-7-15-14(12)9-16-11(2)13-6-8-17-10-13/h4-5,7,11,13,16H,3,6,8-10H2,1-2H3. The Morgan fingerprint density at radius 3 is 3.18 bits per heavy atom. The van der Waals surface area contributed by atoms with Gasteiger partial charge < -0.3 is 10.1 Å². The molecule has 0 aliphatic carbocycles. The Kier molecular flexibility index (Phi) is 4.51. The van der Waals surface area contributed by atoms with E-state index in [0.717, 1.165) is 26.2 Å². The molecule has 0 amide bonds. The SMILES string of the molecule is CCc1cccnc1CNC(C)C1CCOC1. The van der Waals surface area contributed by atoms with Crippen molar-refractivity contribution >= 4 is 0 Å². The molecule has 1 fully saturated rings. The van der Waals surface area contributed by atoms with Gasteiger partial charge in [-0.1, -0.05) is 13.0 Å². The summed E-state index contributed by atoms with van der Waals surface area (Å²) in [5, 5.41) is 3.57. The molecule has 1 aromatic heterocycles. The molecule has 2 atom stereocenters. The van der Waals surface area contributed by atoms with Crippen LogP contribution in [-0.4, -0.2) is 24.2 Å². The van der Waals surface area contributed by atoms with Crippen molar-refractivity contribution in [3.8, 4) is 0 Å². The molecule has 3 nitrogen and oxygen atoms in total. The van der Waals surface area contributed by atoms with Gasteiger partial charge in [-0.15, -0.1) is 0 Å². The van der Waals surface area contributed by atoms with Gasteiger partial charge in [-0.05, 0) is 37.3 Å². The van der Waals surface area contributed by atoms with Crippen LogP contribution in [0.1, 0.15) is 31.5 Å². The van der Waals surface area contributed by atoms with Crippen LogP contribution in [0.5, 0.6) is 0 Å². The zero-order valence-corrected chi connectivity index (χ0v) is 10.8. The molecule has 1 aromatic rings. The summed E-state index contributed by atoms with van der Waals surface area (Å²) in [6.45, 7) is 7.10. The second-order valence-corrected chi connectivity index (χ2v) is 4.76. The zero-order valence-electron chi connectivity index (χ0n) is 10.8. The van der Waals surface area contributed by atoms with Gasteiger partial charge in [0.1, 0.15) is 0 Å². The molecule has 17 heavy (non-hydrogen) atoms. The maximum Gasteiger partial charge on any atom is 0.0573 e. The molecule has 2 rings (SSSR count). The predicted octanol–water partition coefficient (Wildman–Crippen LogP) is 2.16. The summed E-state index contributed by atoms with van der Waals surface area (Å²) in [7, 11) is 0. The zero-order chi connectivity index (χ0) is 12.1. The lowest BCUT2D eigenvalue weighted by atomic mass is 10.0. The van der Waals surface area contributed by atoms with Crippen molar-refractivity contribution in [1.82, 2.24) is 10.3 Å². The molecule has 0 bridgehead atoms. The number of nitrogens with one attached hydrogen (secondary N) is 1. The van der Waals surface area contributed by atoms with Gasteiger partial charge in [0.25, 0.3) is 0 Å². The summed E-state index contributed by atoms with van der Waals surface area (Å²) in [6.07, 6.45) is 4.10. The lowest BCUT2D eigenvalue weighted by Gasteiger charge is -2.19. The van der Waals surface area contributed by atoms with Crippen molar-refractivity contribution in [2.75, 3.05) is 13.2 Å². The van der Waals surface area contributed by atoms with Crippen LogP contribution >= 0.6 is 0 Å². The Hall–Kier alpha value is -0.930. The minimum atomic E-state index is 0.504. The molecule has 2 heterocycles. The maximum absolute atomic E-state index is 5.42. The fourth-order valence-electron chi connectivity index (χ4n) is 2.32. The molecule has 1 saturated heterocycles. The quantitative estimate of drug-likeness (QED) is 0.847. The average molecular weight is 234 g/mol. The van der Waals surface area contributed by atoms with Crippen LogP contribution in [0.25, 0.3) is 0 Å². The highest BCUT2D eigenvalue weighted by molar-refractivity contribution is 5.19. The normalized spacial score (nSPS) is 21.6. The van der Waals surface area contributed by atoms with E-state index in [1.54, 1.807) is 0 Å². The van der Waals surface area contributed by atoms with Crippen LogP contribution in [0.4, 0.5) is 0 Å². The van der Waals surface area contributed by atoms with Crippen molar-refractivity contribution in [2.45, 2.75) is 39.3 Å². The molecule has 94 valence electrons. The molecule has 3 heteroatoms. The Labute approximate surface area is 104 Å². The number of aromatic nitrogens is 1. The van der Waals surface area contributed by atoms with E-state index in [-0.39, 0.29) is 0 Å². The summed E-state index contributed by atoms with van der Waals surface area (Å²) < 4.78 is 5.42. The molecular weight excluding hydrogens is 212 g/mol. The van der Waals surface area contributed by atoms with Gasteiger partial charge in [0.2, 0.25) is 0 Å². The monoisotopic (exact) mass is 234 g/mol. The van der Waals surface area contributed by atoms with E-state index < -0.39 is 0 Å². The van der Waals surface area contributed by atoms with Crippen molar-refractivity contribution in [3.05, 3.63) is 29.6 Å². The Morgan fingerprint density at radius 1 is 1.59 bits per heavy atom. The number of pyridine rings is 1. The average Bonchev–Trinajstić information content (AvgIpc) is 2.90. The Balaban J connectivity index is 1.88. The summed E-state index contributed by atoms with van der Waals surface area (Å²) in [4.78, 5) is 4.45. The molecule has 1 aliphatic heterocycles. The number of hydrogen-bond donors (Lipinski definition) is 1. The topological polar surface area (TPSA) is 34.2 Å². The molecule has 1 N–H and O–H groups in total. The van der Waals surface area contributed by atoms with E-state index in [4.69, 9.17) is 4.74 Å². The number of aryl methyl sites for hydroxylation is 1. The van der Waals surface area contributed by atoms with Crippen molar-refractivity contribution in [3.63, 3.8) is 0 Å². The van der Waals surface area contributed by atoms with E-state index >= 15 is 0 Å². The summed E-state index contributed by atoms with van der Waals surface area (Å²) >= 11 is 0. The number of ether oxygens (including phenoxy) is 1. The van der Waals surface area contributed by atoms with E-state index in [1.165, 1.54) is 17.7 Å². The lowest BCUT2D eigenvalue weighted by molar-refractivity contribution is 0.178. The van der Waals surface area contributed by atoms with E-state index in [1.807, 2.05) is 12.3 Å². The summed E-state index contributed by atoms with van der Waals surface area (Å²) in [5.41, 5.74) is 2.52. The first-order valence-corrected chi connectivity index (χ1v) is 6.55. The molecular formula is C14H22N2O. The largest absolute Gasteiger partial charge is 0.381 e. The first-order valence-electron chi connectivity index (χ1n) is 6.55. The highest BCUT2D eigenvalue weighted by Gasteiger charge is 2.21. The summed E-state index contributed by atoms with van der Waals surface area (Å²) in [5.74, 6) is 0.656. The molecule has 2 unspecified atom stereocenters. The van der Waals surface area contributed by atoms with Gasteiger partial charge in [0.05, 0.1) is 12.3 Å². The molecule has 0 spiro atoms. The fourth-order valence-corrected chi connectivity index (χ4v) is 2.32. The number of nitrogens with zero attached hydrogens (tertiary/aromatic N) is 1. The maximum atomic E-state index is 5.42. The smallest absolute Gasteiger partial charge is 0.0573 e. The van der Waals surface area contributed by atoms with Crippen LogP contribution in [0.3, 0.4) is 0 Å². The number of hydrogen-bond acceptors (Lipinski definition) is 3. The van der Waals surface area contributed by atoms with Gasteiger partial charge >= 0.3 is 0 Å². The third-order valence-electron chi connectivity index (χ3n) is 3.63. The third-order valence-corrected chi connectivity index (χ3v) is 3.63. The highest BCUT2D eigenvalue weighted by atomic mass is 16.5. The highest BCUT2D eigenvalue weighted by Crippen LogP contribution is 2.17. The molecule has 1 aliphatic rings. The van der Waals surface area contributed by atoms with Crippen molar-refractivity contribution in [2.24, 2.45) is 5.92 Å². The van der Waals surface area contributed by atoms with Crippen LogP contribution < -0.4 is 5.32 Å². The lowest BCUT2D eigenvalue weighted by Crippen LogP contribution is -2.33. The second-order valence-electron chi connectivity index (χ2n) is 4.76. The minimum Gasteiger partial charge on any atom is -0.381 e. The van der Waals surface area contributed by atoms with Gasteiger partial charge in [-0.3, -0.25) is 4.98 Å². The molecule has 0 saturated carbocycles. The van der Waals surface area contributed by atoms with E-state index in [9.17, 15) is 0 Å². The van der Waals surface area contributed by atoms with Crippen molar-refractivity contribution in [1.29, 1.82) is 0 Å². The Morgan fingerprint density at radius 2 is 2.47 bits per heavy atom. The first-order chi connectivity index (χ1) is 8.31. The van der Waals surface area contributed by atoms with Gasteiger partial charge in [-0.25, -0.2) is 0 Å². The third kappa shape index (κ3) is 3.27. The van der Waals surface area contributed by atoms with E-state index in [0.29, 0.717) is 12.0 Å². The predicted molar refractivity (Wildman–Crippen MR) is 68.8 cm³/mol. The van der Waals surface area contributed by atoms with Crippen LogP contribution in [0.15, 0.2) is 18.3 Å². The minimum absolute atomic E-state index is 0.504. The molecule has 0 radical (unpaired) electrons. The van der Waals surface area contributed by atoms with E-state index in [2.05, 4.69) is 30.2 Å².